The van der Waals surface area contributed by atoms with Crippen molar-refractivity contribution >= 4 is 11.6 Å². The summed E-state index contributed by atoms with van der Waals surface area (Å²) in [7, 11) is 0. The first kappa shape index (κ1) is 13.5. The average molecular weight is 245 g/mol. The molecule has 0 amide bonds. The molecule has 0 saturated carbocycles. The number of halogens is 2. The summed E-state index contributed by atoms with van der Waals surface area (Å²) in [5.41, 5.74) is 0.620. The molecule has 0 heterocycles. The molecule has 0 aliphatic heterocycles. The van der Waals surface area contributed by atoms with Crippen LogP contribution < -0.4 is 0 Å². The second-order valence-electron chi connectivity index (χ2n) is 4.10. The van der Waals surface area contributed by atoms with Crippen LogP contribution in [0.4, 0.5) is 4.39 Å². The van der Waals surface area contributed by atoms with E-state index in [1.807, 2.05) is 0 Å². The molecule has 1 unspecified atom stereocenters. The third-order valence-corrected chi connectivity index (χ3v) is 3.36. The zero-order valence-electron chi connectivity index (χ0n) is 9.71. The standard InChI is InChI=1S/C13H18ClFO/c1-3-9(4-2)7-13(16)11-6-5-10(15)8-12(11)14/h5-6,8-9,13,16H,3-4,7H2,1-2H3. The third-order valence-electron chi connectivity index (χ3n) is 3.03. The number of hydrogen-bond donors (Lipinski definition) is 1. The van der Waals surface area contributed by atoms with Crippen LogP contribution in [0, 0.1) is 11.7 Å². The minimum Gasteiger partial charge on any atom is -0.388 e. The van der Waals surface area contributed by atoms with Gasteiger partial charge in [0.1, 0.15) is 5.82 Å². The molecular weight excluding hydrogens is 227 g/mol. The van der Waals surface area contributed by atoms with Gasteiger partial charge >= 0.3 is 0 Å². The summed E-state index contributed by atoms with van der Waals surface area (Å²) in [5.74, 6) is 0.111. The van der Waals surface area contributed by atoms with Crippen LogP contribution >= 0.6 is 11.6 Å². The van der Waals surface area contributed by atoms with E-state index in [0.717, 1.165) is 12.8 Å². The maximum Gasteiger partial charge on any atom is 0.124 e. The number of rotatable bonds is 5. The lowest BCUT2D eigenvalue weighted by Gasteiger charge is -2.18. The Labute approximate surface area is 101 Å². The Balaban J connectivity index is 2.76. The fraction of sp³-hybridized carbons (Fsp3) is 0.538. The van der Waals surface area contributed by atoms with Gasteiger partial charge in [-0.2, -0.15) is 0 Å². The molecule has 0 aliphatic rings. The van der Waals surface area contributed by atoms with Crippen molar-refractivity contribution in [3.05, 3.63) is 34.6 Å². The minimum atomic E-state index is -0.599. The Hall–Kier alpha value is -0.600. The van der Waals surface area contributed by atoms with E-state index in [1.165, 1.54) is 12.1 Å². The van der Waals surface area contributed by atoms with Crippen LogP contribution in [0.2, 0.25) is 5.02 Å². The van der Waals surface area contributed by atoms with Gasteiger partial charge in [0.15, 0.2) is 0 Å². The highest BCUT2D eigenvalue weighted by Crippen LogP contribution is 2.30. The number of aliphatic hydroxyl groups excluding tert-OH is 1. The van der Waals surface area contributed by atoms with Gasteiger partial charge in [0, 0.05) is 5.02 Å². The highest BCUT2D eigenvalue weighted by Gasteiger charge is 2.16. The van der Waals surface area contributed by atoms with Crippen LogP contribution in [0.25, 0.3) is 0 Å². The monoisotopic (exact) mass is 244 g/mol. The third kappa shape index (κ3) is 3.46. The quantitative estimate of drug-likeness (QED) is 0.817. The molecule has 0 aliphatic carbocycles. The second-order valence-corrected chi connectivity index (χ2v) is 4.51. The Morgan fingerprint density at radius 2 is 1.94 bits per heavy atom. The molecule has 1 nitrogen and oxygen atoms in total. The lowest BCUT2D eigenvalue weighted by Crippen LogP contribution is -2.06. The lowest BCUT2D eigenvalue weighted by molar-refractivity contribution is 0.141. The van der Waals surface area contributed by atoms with Crippen molar-refractivity contribution in [2.75, 3.05) is 0 Å². The molecular formula is C13H18ClFO. The van der Waals surface area contributed by atoms with Crippen LogP contribution in [0.5, 0.6) is 0 Å². The average Bonchev–Trinajstić information content (AvgIpc) is 2.25. The van der Waals surface area contributed by atoms with E-state index >= 15 is 0 Å². The van der Waals surface area contributed by atoms with E-state index in [9.17, 15) is 9.50 Å². The molecule has 1 N–H and O–H groups in total. The summed E-state index contributed by atoms with van der Waals surface area (Å²) in [4.78, 5) is 0. The van der Waals surface area contributed by atoms with Crippen LogP contribution in [0.3, 0.4) is 0 Å². The predicted octanol–water partition coefficient (Wildman–Crippen LogP) is 4.34. The number of aliphatic hydroxyl groups is 1. The molecule has 1 aromatic rings. The van der Waals surface area contributed by atoms with Gasteiger partial charge in [-0.15, -0.1) is 0 Å². The van der Waals surface area contributed by atoms with Crippen molar-refractivity contribution in [1.82, 2.24) is 0 Å². The molecule has 0 aromatic heterocycles. The molecule has 0 fully saturated rings. The van der Waals surface area contributed by atoms with E-state index < -0.39 is 6.10 Å². The van der Waals surface area contributed by atoms with Gasteiger partial charge in [-0.3, -0.25) is 0 Å². The fourth-order valence-electron chi connectivity index (χ4n) is 1.84. The first-order chi connectivity index (χ1) is 7.58. The van der Waals surface area contributed by atoms with Gasteiger partial charge in [0.05, 0.1) is 6.10 Å². The van der Waals surface area contributed by atoms with Crippen molar-refractivity contribution in [3.8, 4) is 0 Å². The van der Waals surface area contributed by atoms with Crippen LogP contribution in [-0.4, -0.2) is 5.11 Å². The lowest BCUT2D eigenvalue weighted by atomic mass is 9.93. The van der Waals surface area contributed by atoms with Gasteiger partial charge in [0.25, 0.3) is 0 Å². The Bertz CT molecular complexity index is 337. The topological polar surface area (TPSA) is 20.2 Å². The largest absolute Gasteiger partial charge is 0.388 e. The molecule has 0 radical (unpaired) electrons. The van der Waals surface area contributed by atoms with Crippen LogP contribution in [-0.2, 0) is 0 Å². The normalized spacial score (nSPS) is 13.1. The predicted molar refractivity (Wildman–Crippen MR) is 65.1 cm³/mol. The van der Waals surface area contributed by atoms with Gasteiger partial charge in [-0.1, -0.05) is 44.4 Å². The maximum atomic E-state index is 12.8. The molecule has 0 saturated heterocycles. The van der Waals surface area contributed by atoms with Gasteiger partial charge in [-0.25, -0.2) is 4.39 Å². The number of benzene rings is 1. The van der Waals surface area contributed by atoms with Crippen molar-refractivity contribution in [2.24, 2.45) is 5.92 Å². The first-order valence-electron chi connectivity index (χ1n) is 5.71. The summed E-state index contributed by atoms with van der Waals surface area (Å²) in [6.45, 7) is 4.21. The molecule has 1 rings (SSSR count). The molecule has 90 valence electrons. The van der Waals surface area contributed by atoms with Crippen molar-refractivity contribution in [2.45, 2.75) is 39.2 Å². The summed E-state index contributed by atoms with van der Waals surface area (Å²) >= 11 is 5.89. The highest BCUT2D eigenvalue weighted by molar-refractivity contribution is 6.31. The maximum absolute atomic E-state index is 12.8. The van der Waals surface area contributed by atoms with E-state index in [4.69, 9.17) is 11.6 Å². The summed E-state index contributed by atoms with van der Waals surface area (Å²) < 4.78 is 12.8. The Morgan fingerprint density at radius 3 is 2.44 bits per heavy atom. The Kier molecular flexibility index (Phi) is 5.23. The van der Waals surface area contributed by atoms with Gasteiger partial charge in [0.2, 0.25) is 0 Å². The van der Waals surface area contributed by atoms with E-state index in [-0.39, 0.29) is 5.82 Å². The first-order valence-corrected chi connectivity index (χ1v) is 6.09. The van der Waals surface area contributed by atoms with Gasteiger partial charge in [-0.05, 0) is 30.0 Å². The minimum absolute atomic E-state index is 0.304. The van der Waals surface area contributed by atoms with Crippen LogP contribution in [0.1, 0.15) is 44.8 Å². The molecule has 1 aromatic carbocycles. The summed E-state index contributed by atoms with van der Waals surface area (Å²) in [6, 6.07) is 4.13. The highest BCUT2D eigenvalue weighted by atomic mass is 35.5. The van der Waals surface area contributed by atoms with Gasteiger partial charge < -0.3 is 5.11 Å². The molecule has 0 bridgehead atoms. The fourth-order valence-corrected chi connectivity index (χ4v) is 2.13. The molecule has 1 atom stereocenters. The zero-order chi connectivity index (χ0) is 12.1. The zero-order valence-corrected chi connectivity index (χ0v) is 10.5. The van der Waals surface area contributed by atoms with E-state index in [0.29, 0.717) is 22.9 Å². The van der Waals surface area contributed by atoms with Crippen molar-refractivity contribution in [3.63, 3.8) is 0 Å². The summed E-state index contributed by atoms with van der Waals surface area (Å²) in [5, 5.41) is 10.3. The van der Waals surface area contributed by atoms with E-state index in [1.54, 1.807) is 6.07 Å². The van der Waals surface area contributed by atoms with Crippen molar-refractivity contribution in [1.29, 1.82) is 0 Å². The molecule has 0 spiro atoms. The SMILES string of the molecule is CCC(CC)CC(O)c1ccc(F)cc1Cl. The van der Waals surface area contributed by atoms with Crippen molar-refractivity contribution < 1.29 is 9.50 Å². The van der Waals surface area contributed by atoms with Crippen LogP contribution in [0.15, 0.2) is 18.2 Å². The van der Waals surface area contributed by atoms with E-state index in [2.05, 4.69) is 13.8 Å². The second kappa shape index (κ2) is 6.21. The Morgan fingerprint density at radius 1 is 1.31 bits per heavy atom. The molecule has 16 heavy (non-hydrogen) atoms. The summed E-state index contributed by atoms with van der Waals surface area (Å²) in [6.07, 6.45) is 2.15. The molecule has 3 heteroatoms. The smallest absolute Gasteiger partial charge is 0.124 e. The number of hydrogen-bond acceptors (Lipinski definition) is 1.